The molecule has 85 heavy (non-hydrogen) atoms. The third-order valence-electron chi connectivity index (χ3n) is 13.4. The van der Waals surface area contributed by atoms with E-state index in [1.807, 2.05) is 49.2 Å². The summed E-state index contributed by atoms with van der Waals surface area (Å²) >= 11 is 14.9. The Kier molecular flexibility index (Phi) is 28.2. The number of likely N-dealkylation sites (N-methyl/N-ethyl adjacent to an activating group) is 2. The fourth-order valence-electron chi connectivity index (χ4n) is 9.10. The van der Waals surface area contributed by atoms with E-state index in [1.165, 1.54) is 78.1 Å². The van der Waals surface area contributed by atoms with Crippen molar-refractivity contribution in [3.63, 3.8) is 0 Å². The van der Waals surface area contributed by atoms with Crippen LogP contribution in [0.25, 0.3) is 11.1 Å². The summed E-state index contributed by atoms with van der Waals surface area (Å²) in [5, 5.41) is 9.18. The molecule has 0 bridgehead atoms. The number of ketones is 2. The first kappa shape index (κ1) is 71.8. The molecule has 10 rings (SSSR count). The SMILES string of the molecule is C=CC(=O)OC.CCCCC(=O)OC.CN1C(=O)CCC2=C1Cc1cc(C(=O)c3ccc(Cl)c(S(N)(=O)=O)c3)ccc12.CN1C(=O)CCC2=C1Cc1ccccc12.NS(=O)(=O)c1cc(C(=O)Cl)ccc1Cl.O=C1Cc2ccccc2C1.[Cl][Al]([Cl])[Cl]. The molecule has 0 saturated carbocycles. The quantitative estimate of drug-likeness (QED) is 0.0458. The number of carbonyl (C=O) groups is 7. The van der Waals surface area contributed by atoms with Crippen LogP contribution in [-0.2, 0) is 79.2 Å². The summed E-state index contributed by atoms with van der Waals surface area (Å²) in [5.74, 6) is -0.122. The van der Waals surface area contributed by atoms with Crippen molar-refractivity contribution in [2.75, 3.05) is 28.3 Å². The van der Waals surface area contributed by atoms with Crippen LogP contribution in [0.2, 0.25) is 10.0 Å². The normalized spacial score (nSPS) is 14.1. The third kappa shape index (κ3) is 21.0. The van der Waals surface area contributed by atoms with E-state index in [9.17, 15) is 50.4 Å². The third-order valence-corrected chi connectivity index (χ3v) is 16.4. The van der Waals surface area contributed by atoms with Gasteiger partial charge >= 0.3 is 23.3 Å². The molecule has 17 nitrogen and oxygen atoms in total. The predicted molar refractivity (Wildman–Crippen MR) is 333 cm³/mol. The molecule has 0 atom stereocenters. The first-order chi connectivity index (χ1) is 40.0. The Morgan fingerprint density at radius 1 is 0.612 bits per heavy atom. The fourth-order valence-corrected chi connectivity index (χ4v) is 11.4. The number of primary sulfonamides is 2. The first-order valence-corrected chi connectivity index (χ1v) is 35.3. The highest BCUT2D eigenvalue weighted by atomic mass is 35.8. The molecule has 3 aliphatic carbocycles. The van der Waals surface area contributed by atoms with Gasteiger partial charge in [0.25, 0.3) is 5.24 Å². The second-order valence-electron chi connectivity index (χ2n) is 18.9. The molecule has 0 aromatic heterocycles. The maximum atomic E-state index is 12.9. The molecule has 2 amide bonds. The monoisotopic (exact) mass is 1330 g/mol. The molecule has 452 valence electrons. The number of benzene rings is 5. The Morgan fingerprint density at radius 2 is 1.04 bits per heavy atom. The molecule has 0 saturated heterocycles. The summed E-state index contributed by atoms with van der Waals surface area (Å²) in [7, 11) is 13.3. The molecule has 0 spiro atoms. The summed E-state index contributed by atoms with van der Waals surface area (Å²) < 4.78 is 53.8. The van der Waals surface area contributed by atoms with Gasteiger partial charge in [-0.1, -0.05) is 104 Å². The number of nitrogens with zero attached hydrogens (tertiary/aromatic N) is 2. The van der Waals surface area contributed by atoms with Crippen molar-refractivity contribution in [1.82, 2.24) is 9.80 Å². The maximum Gasteiger partial charge on any atom is 0.643 e. The molecule has 2 aliphatic heterocycles. The van der Waals surface area contributed by atoms with Gasteiger partial charge < -0.3 is 19.3 Å². The van der Waals surface area contributed by atoms with Crippen LogP contribution in [0.15, 0.2) is 137 Å². The topological polar surface area (TPSA) is 265 Å². The van der Waals surface area contributed by atoms with Gasteiger partial charge in [0.15, 0.2) is 5.78 Å². The molecule has 0 fully saturated rings. The smallest absolute Gasteiger partial charge is 0.469 e. The molecule has 5 aromatic rings. The number of unbranched alkanes of at least 4 members (excludes halogenated alkanes) is 1. The number of hydrogen-bond acceptors (Lipinski definition) is 13. The van der Waals surface area contributed by atoms with E-state index in [4.69, 9.17) is 75.2 Å². The van der Waals surface area contributed by atoms with E-state index < -0.39 is 42.6 Å². The Hall–Kier alpha value is -5.70. The lowest BCUT2D eigenvalue weighted by Crippen LogP contribution is -2.29. The minimum Gasteiger partial charge on any atom is -0.469 e. The highest BCUT2D eigenvalue weighted by Gasteiger charge is 2.32. The number of hydrogen-bond donors (Lipinski definition) is 2. The lowest BCUT2D eigenvalue weighted by Gasteiger charge is -2.25. The van der Waals surface area contributed by atoms with Gasteiger partial charge in [-0.2, -0.15) is 0 Å². The lowest BCUT2D eigenvalue weighted by molar-refractivity contribution is -0.140. The molecular weight excluding hydrogens is 1280 g/mol. The van der Waals surface area contributed by atoms with Crippen LogP contribution in [-0.4, -0.2) is 107 Å². The second kappa shape index (κ2) is 33.4. The summed E-state index contributed by atoms with van der Waals surface area (Å²) in [6.45, 7) is 5.20. The van der Waals surface area contributed by atoms with Gasteiger partial charge in [0.1, 0.15) is 15.6 Å². The first-order valence-electron chi connectivity index (χ1n) is 25.8. The minimum absolute atomic E-state index is 0.0279. The minimum atomic E-state index is -4.04. The number of carbonyl (C=O) groups excluding carboxylic acids is 7. The molecule has 0 unspecified atom stereocenters. The average Bonchev–Trinajstić information content (AvgIpc) is 2.13. The van der Waals surface area contributed by atoms with Gasteiger partial charge in [-0.05, 0) is 118 Å². The Bertz CT molecular complexity index is 3640. The van der Waals surface area contributed by atoms with Gasteiger partial charge in [0.05, 0.1) is 24.3 Å². The number of allylic oxidation sites excluding steroid dienone is 4. The number of nitrogens with two attached hydrogens (primary N) is 2. The lowest BCUT2D eigenvalue weighted by atomic mass is 9.96. The Morgan fingerprint density at radius 3 is 1.47 bits per heavy atom. The van der Waals surface area contributed by atoms with Crippen LogP contribution in [0.4, 0.5) is 0 Å². The zero-order valence-electron chi connectivity index (χ0n) is 46.9. The molecular formula is C59H61AlCl6N4O13S2. The number of methoxy groups -OCH3 is 2. The number of rotatable bonds is 9. The summed E-state index contributed by atoms with van der Waals surface area (Å²) in [6, 6.07) is 29.5. The molecule has 4 N–H and O–H groups in total. The van der Waals surface area contributed by atoms with Crippen molar-refractivity contribution in [3.05, 3.63) is 187 Å². The van der Waals surface area contributed by atoms with E-state index in [2.05, 4.69) is 40.3 Å². The average molecular weight is 1340 g/mol. The maximum absolute atomic E-state index is 12.9. The van der Waals surface area contributed by atoms with Crippen molar-refractivity contribution >= 4 is 148 Å². The van der Waals surface area contributed by atoms with Crippen LogP contribution < -0.4 is 10.3 Å². The number of sulfonamides is 2. The van der Waals surface area contributed by atoms with Crippen LogP contribution >= 0.6 is 65.0 Å². The summed E-state index contributed by atoms with van der Waals surface area (Å²) in [6.07, 6.45) is 9.23. The van der Waals surface area contributed by atoms with Crippen molar-refractivity contribution in [3.8, 4) is 0 Å². The molecule has 0 radical (unpaired) electrons. The zero-order valence-corrected chi connectivity index (χ0v) is 54.2. The van der Waals surface area contributed by atoms with E-state index in [0.29, 0.717) is 56.3 Å². The van der Waals surface area contributed by atoms with Crippen LogP contribution in [0.1, 0.15) is 112 Å². The molecule has 5 aromatic carbocycles. The Balaban J connectivity index is 0.000000233. The summed E-state index contributed by atoms with van der Waals surface area (Å²) in [4.78, 5) is 81.2. The van der Waals surface area contributed by atoms with Crippen LogP contribution in [0.3, 0.4) is 0 Å². The van der Waals surface area contributed by atoms with Gasteiger partial charge in [-0.15, -0.1) is 0 Å². The van der Waals surface area contributed by atoms with Crippen LogP contribution in [0, 0.1) is 0 Å². The molecule has 2 heterocycles. The summed E-state index contributed by atoms with van der Waals surface area (Å²) in [5.41, 5.74) is 12.6. The number of amides is 2. The van der Waals surface area contributed by atoms with E-state index in [-0.39, 0.29) is 54.5 Å². The molecule has 26 heteroatoms. The number of esters is 2. The van der Waals surface area contributed by atoms with E-state index in [0.717, 1.165) is 60.2 Å². The number of fused-ring (bicyclic) bond motifs is 5. The number of Topliss-reactive ketones (excluding diaryl/α,β-unsaturated/α-hetero) is 1. The standard InChI is InChI=1S/C20H17ClN2O4S.C13H13NO.C9H8O.C7H5Cl2NO3S.C6H12O2.C4H6O2.Al.3ClH/c1-23-17-9-13-8-11(2-4-14(13)15(17)5-7-19(23)24)20(25)12-3-6-16(21)18(10-12)28(22,26)27;1-14-12-8-9-4-2-3-5-10(9)11(12)6-7-13(14)15;10-9-5-7-3-1-2-4-8(7)6-9;8-5-2-1-4(7(9)11)3-6(5)14(10,12)13;1-3-4-5-6(7)8-2;1-3-4(5)6-2;;;;/h2-4,6,8,10H,5,7,9H2,1H3,(H2,22,26,27);2-5H,6-8H2,1H3;1-4H,5-6H2;1-3H,(H2,10,12,13);3-5H2,1-2H3;3H,1H2,2H3;;3*1H/q;;;;;;+3;;;/p-3. The number of halogens is 6. The van der Waals surface area contributed by atoms with Crippen molar-refractivity contribution < 1.29 is 59.9 Å². The Labute approximate surface area is 526 Å². The zero-order chi connectivity index (χ0) is 63.5. The number of ether oxygens (including phenoxy) is 2. The van der Waals surface area contributed by atoms with Gasteiger partial charge in [-0.3, -0.25) is 28.8 Å². The van der Waals surface area contributed by atoms with E-state index >= 15 is 0 Å². The highest BCUT2D eigenvalue weighted by molar-refractivity contribution is 7.89. The van der Waals surface area contributed by atoms with Crippen molar-refractivity contribution in [1.29, 1.82) is 0 Å². The van der Waals surface area contributed by atoms with Gasteiger partial charge in [0.2, 0.25) is 31.9 Å². The highest BCUT2D eigenvalue weighted by Crippen LogP contribution is 2.41. The fraction of sp³-hybridized carbons (Fsp3) is 0.271. The predicted octanol–water partition coefficient (Wildman–Crippen LogP) is 11.0. The second-order valence-corrected chi connectivity index (χ2v) is 29.6. The van der Waals surface area contributed by atoms with Crippen LogP contribution in [0.5, 0.6) is 0 Å². The molecule has 5 aliphatic rings. The van der Waals surface area contributed by atoms with Gasteiger partial charge in [-0.25, -0.2) is 62.1 Å². The largest absolute Gasteiger partial charge is 0.643 e. The van der Waals surface area contributed by atoms with Crippen molar-refractivity contribution in [2.45, 2.75) is 87.3 Å². The van der Waals surface area contributed by atoms with Crippen molar-refractivity contribution in [2.24, 2.45) is 10.3 Å². The van der Waals surface area contributed by atoms with Gasteiger partial charge in [0, 0.05) is 93.2 Å². The van der Waals surface area contributed by atoms with E-state index in [1.54, 1.807) is 24.1 Å².